The summed E-state index contributed by atoms with van der Waals surface area (Å²) in [6.45, 7) is 1.60. The molecule has 1 fully saturated rings. The molecule has 1 saturated heterocycles. The Hall–Kier alpha value is -2.11. The number of hydrogen-bond acceptors (Lipinski definition) is 3. The molecular formula is C13H18N4O2. The molecule has 0 radical (unpaired) electrons. The van der Waals surface area contributed by atoms with E-state index in [1.54, 1.807) is 17.3 Å². The van der Waals surface area contributed by atoms with Gasteiger partial charge in [-0.25, -0.2) is 4.79 Å². The molecule has 0 aromatic carbocycles. The van der Waals surface area contributed by atoms with E-state index in [0.717, 1.165) is 5.56 Å². The number of carbonyl (C=O) groups excluding carboxylic acids is 2. The van der Waals surface area contributed by atoms with Crippen molar-refractivity contribution in [3.63, 3.8) is 0 Å². The summed E-state index contributed by atoms with van der Waals surface area (Å²) in [6, 6.07) is 3.35. The lowest BCUT2D eigenvalue weighted by molar-refractivity contribution is -0.126. The fraction of sp³-hybridized carbons (Fsp3) is 0.462. The minimum absolute atomic E-state index is 0.0349. The smallest absolute Gasteiger partial charge is 0.314 e. The third-order valence-electron chi connectivity index (χ3n) is 3.37. The topological polar surface area (TPSA) is 88.3 Å². The molecule has 102 valence electrons. The zero-order valence-electron chi connectivity index (χ0n) is 10.7. The van der Waals surface area contributed by atoms with Crippen LogP contribution in [-0.4, -0.2) is 34.9 Å². The second kappa shape index (κ2) is 6.17. The number of amides is 3. The van der Waals surface area contributed by atoms with Crippen LogP contribution in [0.1, 0.15) is 18.4 Å². The van der Waals surface area contributed by atoms with Crippen LogP contribution in [0.3, 0.4) is 0 Å². The number of pyridine rings is 1. The van der Waals surface area contributed by atoms with Crippen LogP contribution >= 0.6 is 0 Å². The highest BCUT2D eigenvalue weighted by atomic mass is 16.2. The highest BCUT2D eigenvalue weighted by molar-refractivity contribution is 5.79. The number of nitrogens with zero attached hydrogens (tertiary/aromatic N) is 2. The third kappa shape index (κ3) is 3.67. The summed E-state index contributed by atoms with van der Waals surface area (Å²) in [4.78, 5) is 28.5. The van der Waals surface area contributed by atoms with E-state index in [0.29, 0.717) is 32.5 Å². The molecule has 2 heterocycles. The number of primary amides is 1. The first-order valence-electron chi connectivity index (χ1n) is 6.38. The zero-order chi connectivity index (χ0) is 13.7. The number of nitrogens with two attached hydrogens (primary N) is 1. The molecule has 0 spiro atoms. The molecule has 0 atom stereocenters. The van der Waals surface area contributed by atoms with Gasteiger partial charge in [-0.2, -0.15) is 0 Å². The summed E-state index contributed by atoms with van der Waals surface area (Å²) in [5.41, 5.74) is 6.18. The molecule has 1 aromatic heterocycles. The number of piperidine rings is 1. The second-order valence-corrected chi connectivity index (χ2v) is 4.68. The lowest BCUT2D eigenvalue weighted by atomic mass is 9.96. The van der Waals surface area contributed by atoms with Crippen LogP contribution in [0, 0.1) is 5.92 Å². The van der Waals surface area contributed by atoms with Crippen molar-refractivity contribution in [3.05, 3.63) is 30.1 Å². The standard InChI is InChI=1S/C13H18N4O2/c14-13(19)17-6-3-11(4-7-17)12(18)16-9-10-2-1-5-15-8-10/h1-2,5,8,11H,3-4,6-7,9H2,(H2,14,19)(H,16,18). The van der Waals surface area contributed by atoms with Gasteiger partial charge in [0.2, 0.25) is 5.91 Å². The first-order chi connectivity index (χ1) is 9.16. The Morgan fingerprint density at radius 3 is 2.74 bits per heavy atom. The van der Waals surface area contributed by atoms with Crippen molar-refractivity contribution in [1.82, 2.24) is 15.2 Å². The van der Waals surface area contributed by atoms with Gasteiger partial charge < -0.3 is 16.0 Å². The summed E-state index contributed by atoms with van der Waals surface area (Å²) < 4.78 is 0. The highest BCUT2D eigenvalue weighted by Crippen LogP contribution is 2.17. The average Bonchev–Trinajstić information content (AvgIpc) is 2.46. The normalized spacial score (nSPS) is 16.1. The van der Waals surface area contributed by atoms with Crippen molar-refractivity contribution in [1.29, 1.82) is 0 Å². The van der Waals surface area contributed by atoms with Gasteiger partial charge in [0, 0.05) is 37.9 Å². The van der Waals surface area contributed by atoms with Crippen LogP contribution in [-0.2, 0) is 11.3 Å². The van der Waals surface area contributed by atoms with Crippen molar-refractivity contribution in [2.45, 2.75) is 19.4 Å². The van der Waals surface area contributed by atoms with Crippen molar-refractivity contribution < 1.29 is 9.59 Å². The Bertz CT molecular complexity index is 441. The molecule has 3 amide bonds. The first kappa shape index (κ1) is 13.3. The Morgan fingerprint density at radius 1 is 1.42 bits per heavy atom. The van der Waals surface area contributed by atoms with Crippen molar-refractivity contribution in [2.24, 2.45) is 11.7 Å². The largest absolute Gasteiger partial charge is 0.352 e. The fourth-order valence-electron chi connectivity index (χ4n) is 2.20. The molecule has 3 N–H and O–H groups in total. The molecule has 19 heavy (non-hydrogen) atoms. The van der Waals surface area contributed by atoms with Gasteiger partial charge in [0.1, 0.15) is 0 Å². The van der Waals surface area contributed by atoms with E-state index >= 15 is 0 Å². The van der Waals surface area contributed by atoms with E-state index in [9.17, 15) is 9.59 Å². The minimum Gasteiger partial charge on any atom is -0.352 e. The van der Waals surface area contributed by atoms with Gasteiger partial charge in [-0.15, -0.1) is 0 Å². The molecule has 0 unspecified atom stereocenters. The van der Waals surface area contributed by atoms with Crippen molar-refractivity contribution in [2.75, 3.05) is 13.1 Å². The van der Waals surface area contributed by atoms with Gasteiger partial charge in [-0.3, -0.25) is 9.78 Å². The van der Waals surface area contributed by atoms with Crippen molar-refractivity contribution in [3.8, 4) is 0 Å². The Morgan fingerprint density at radius 2 is 2.16 bits per heavy atom. The number of urea groups is 1. The number of carbonyl (C=O) groups is 2. The van der Waals surface area contributed by atoms with Crippen LogP contribution in [0.25, 0.3) is 0 Å². The van der Waals surface area contributed by atoms with Gasteiger partial charge in [0.15, 0.2) is 0 Å². The molecule has 1 aliphatic heterocycles. The second-order valence-electron chi connectivity index (χ2n) is 4.68. The van der Waals surface area contributed by atoms with Gasteiger partial charge in [-0.05, 0) is 24.5 Å². The summed E-state index contributed by atoms with van der Waals surface area (Å²) in [6.07, 6.45) is 4.77. The van der Waals surface area contributed by atoms with Crippen LogP contribution in [0.2, 0.25) is 0 Å². The van der Waals surface area contributed by atoms with E-state index in [2.05, 4.69) is 10.3 Å². The highest BCUT2D eigenvalue weighted by Gasteiger charge is 2.25. The SMILES string of the molecule is NC(=O)N1CCC(C(=O)NCc2cccnc2)CC1. The molecule has 2 rings (SSSR count). The number of nitrogens with one attached hydrogen (secondary N) is 1. The average molecular weight is 262 g/mol. The number of aromatic nitrogens is 1. The lowest BCUT2D eigenvalue weighted by Gasteiger charge is -2.29. The summed E-state index contributed by atoms with van der Waals surface area (Å²) >= 11 is 0. The predicted octanol–water partition coefficient (Wildman–Crippen LogP) is 0.488. The molecule has 0 aliphatic carbocycles. The Kier molecular flexibility index (Phi) is 4.33. The van der Waals surface area contributed by atoms with E-state index < -0.39 is 6.03 Å². The fourth-order valence-corrected chi connectivity index (χ4v) is 2.20. The van der Waals surface area contributed by atoms with Crippen LogP contribution in [0.4, 0.5) is 4.79 Å². The third-order valence-corrected chi connectivity index (χ3v) is 3.37. The molecule has 1 aliphatic rings. The van der Waals surface area contributed by atoms with Crippen LogP contribution < -0.4 is 11.1 Å². The van der Waals surface area contributed by atoms with Gasteiger partial charge in [0.05, 0.1) is 0 Å². The molecule has 1 aromatic rings. The molecule has 6 heteroatoms. The maximum Gasteiger partial charge on any atom is 0.314 e. The monoisotopic (exact) mass is 262 g/mol. The van der Waals surface area contributed by atoms with E-state index in [4.69, 9.17) is 5.73 Å². The first-order valence-corrected chi connectivity index (χ1v) is 6.38. The van der Waals surface area contributed by atoms with E-state index in [1.165, 1.54) is 0 Å². The molecular weight excluding hydrogens is 244 g/mol. The van der Waals surface area contributed by atoms with E-state index in [-0.39, 0.29) is 11.8 Å². The number of rotatable bonds is 3. The summed E-state index contributed by atoms with van der Waals surface area (Å²) in [7, 11) is 0. The lowest BCUT2D eigenvalue weighted by Crippen LogP contribution is -2.44. The Labute approximate surface area is 112 Å². The van der Waals surface area contributed by atoms with Crippen LogP contribution in [0.15, 0.2) is 24.5 Å². The zero-order valence-corrected chi connectivity index (χ0v) is 10.7. The number of hydrogen-bond donors (Lipinski definition) is 2. The maximum absolute atomic E-state index is 12.0. The van der Waals surface area contributed by atoms with Gasteiger partial charge in [0.25, 0.3) is 0 Å². The number of likely N-dealkylation sites (tertiary alicyclic amines) is 1. The molecule has 0 saturated carbocycles. The Balaban J connectivity index is 1.77. The molecule has 6 nitrogen and oxygen atoms in total. The quantitative estimate of drug-likeness (QED) is 0.830. The predicted molar refractivity (Wildman–Crippen MR) is 70.0 cm³/mol. The van der Waals surface area contributed by atoms with Gasteiger partial charge >= 0.3 is 6.03 Å². The minimum atomic E-state index is -0.408. The van der Waals surface area contributed by atoms with E-state index in [1.807, 2.05) is 12.1 Å². The summed E-state index contributed by atoms with van der Waals surface area (Å²) in [5.74, 6) is 0.000227. The maximum atomic E-state index is 12.0. The summed E-state index contributed by atoms with van der Waals surface area (Å²) in [5, 5.41) is 2.90. The molecule has 0 bridgehead atoms. The van der Waals surface area contributed by atoms with Crippen LogP contribution in [0.5, 0.6) is 0 Å². The van der Waals surface area contributed by atoms with Crippen molar-refractivity contribution >= 4 is 11.9 Å². The van der Waals surface area contributed by atoms with Gasteiger partial charge in [-0.1, -0.05) is 6.07 Å².